The topological polar surface area (TPSA) is 72.3 Å². The number of primary amides is 2. The van der Waals surface area contributed by atoms with Crippen molar-refractivity contribution in [1.82, 2.24) is 4.90 Å². The Morgan fingerprint density at radius 2 is 1.73 bits per heavy atom. The molecule has 0 aliphatic rings. The predicted octanol–water partition coefficient (Wildman–Crippen LogP) is 3.90. The van der Waals surface area contributed by atoms with Gasteiger partial charge in [0, 0.05) is 18.5 Å². The standard InChI is InChI=1S/C21H25N.CH4N2O/c1-21(2,3)15-8-5-9-16-22(4)17-19-13-10-12-18-11-6-7-14-20(18)19;2-1(3)4/h5-7,9-14H,16-17H2,1-4H3;(H4,2,3,4)/b9-5+;. The molecule has 0 aromatic heterocycles. The van der Waals surface area contributed by atoms with Gasteiger partial charge < -0.3 is 11.5 Å². The lowest BCUT2D eigenvalue weighted by Gasteiger charge is -2.15. The fraction of sp³-hybridized carbons (Fsp3) is 0.318. The van der Waals surface area contributed by atoms with E-state index in [0.717, 1.165) is 13.1 Å². The molecular formula is C22H29N3O. The number of likely N-dealkylation sites (N-methyl/N-ethyl adjacent to an activating group) is 1. The first-order chi connectivity index (χ1) is 12.2. The number of fused-ring (bicyclic) bond motifs is 1. The summed E-state index contributed by atoms with van der Waals surface area (Å²) in [6.45, 7) is 8.22. The van der Waals surface area contributed by atoms with E-state index >= 15 is 0 Å². The van der Waals surface area contributed by atoms with Gasteiger partial charge in [-0.2, -0.15) is 0 Å². The zero-order valence-corrected chi connectivity index (χ0v) is 16.1. The predicted molar refractivity (Wildman–Crippen MR) is 110 cm³/mol. The van der Waals surface area contributed by atoms with Crippen LogP contribution in [0.2, 0.25) is 0 Å². The number of urea groups is 1. The molecule has 0 saturated carbocycles. The van der Waals surface area contributed by atoms with Crippen LogP contribution in [0.4, 0.5) is 4.79 Å². The lowest BCUT2D eigenvalue weighted by molar-refractivity contribution is 0.256. The van der Waals surface area contributed by atoms with Crippen molar-refractivity contribution in [2.45, 2.75) is 27.3 Å². The van der Waals surface area contributed by atoms with Crippen LogP contribution >= 0.6 is 0 Å². The smallest absolute Gasteiger partial charge is 0.309 e. The van der Waals surface area contributed by atoms with Crippen LogP contribution in [0, 0.1) is 17.3 Å². The van der Waals surface area contributed by atoms with Gasteiger partial charge in [-0.1, -0.05) is 60.4 Å². The molecular weight excluding hydrogens is 322 g/mol. The number of hydrogen-bond acceptors (Lipinski definition) is 2. The maximum atomic E-state index is 9.00. The quantitative estimate of drug-likeness (QED) is 0.820. The van der Waals surface area contributed by atoms with Gasteiger partial charge in [0.05, 0.1) is 0 Å². The molecule has 2 aromatic carbocycles. The molecule has 0 atom stereocenters. The van der Waals surface area contributed by atoms with Crippen LogP contribution in [0.1, 0.15) is 26.3 Å². The number of rotatable bonds is 4. The second-order valence-corrected chi connectivity index (χ2v) is 7.16. The van der Waals surface area contributed by atoms with Gasteiger partial charge in [0.25, 0.3) is 0 Å². The average Bonchev–Trinajstić information content (AvgIpc) is 2.53. The Kier molecular flexibility index (Phi) is 8.41. The summed E-state index contributed by atoms with van der Waals surface area (Å²) in [6, 6.07) is 14.2. The highest BCUT2D eigenvalue weighted by atomic mass is 16.2. The lowest BCUT2D eigenvalue weighted by atomic mass is 9.98. The van der Waals surface area contributed by atoms with Crippen molar-refractivity contribution in [3.63, 3.8) is 0 Å². The Bertz CT molecular complexity index is 798. The summed E-state index contributed by atoms with van der Waals surface area (Å²) in [5.74, 6) is 6.33. The summed E-state index contributed by atoms with van der Waals surface area (Å²) in [4.78, 5) is 11.3. The third-order valence-corrected chi connectivity index (χ3v) is 3.39. The molecule has 138 valence electrons. The van der Waals surface area contributed by atoms with Gasteiger partial charge >= 0.3 is 6.03 Å². The highest BCUT2D eigenvalue weighted by Gasteiger charge is 2.03. The first-order valence-electron chi connectivity index (χ1n) is 8.57. The largest absolute Gasteiger partial charge is 0.352 e. The summed E-state index contributed by atoms with van der Waals surface area (Å²) in [5, 5.41) is 2.65. The Labute approximate surface area is 156 Å². The van der Waals surface area contributed by atoms with Crippen LogP contribution in [0.3, 0.4) is 0 Å². The zero-order valence-electron chi connectivity index (χ0n) is 16.1. The molecule has 4 N–H and O–H groups in total. The molecule has 0 aliphatic carbocycles. The molecule has 2 aromatic rings. The van der Waals surface area contributed by atoms with E-state index in [9.17, 15) is 0 Å². The fourth-order valence-electron chi connectivity index (χ4n) is 2.34. The molecule has 0 unspecified atom stereocenters. The molecule has 0 saturated heterocycles. The van der Waals surface area contributed by atoms with E-state index in [1.807, 2.05) is 6.08 Å². The van der Waals surface area contributed by atoms with E-state index in [0.29, 0.717) is 0 Å². The van der Waals surface area contributed by atoms with Crippen molar-refractivity contribution >= 4 is 16.8 Å². The first-order valence-corrected chi connectivity index (χ1v) is 8.57. The van der Waals surface area contributed by atoms with Gasteiger partial charge in [-0.15, -0.1) is 0 Å². The normalized spacial score (nSPS) is 11.0. The van der Waals surface area contributed by atoms with Gasteiger partial charge in [0.1, 0.15) is 0 Å². The van der Waals surface area contributed by atoms with Gasteiger partial charge in [-0.3, -0.25) is 4.90 Å². The maximum Gasteiger partial charge on any atom is 0.309 e. The molecule has 0 spiro atoms. The van der Waals surface area contributed by atoms with Gasteiger partial charge in [-0.25, -0.2) is 4.79 Å². The van der Waals surface area contributed by atoms with Crippen LogP contribution < -0.4 is 11.5 Å². The average molecular weight is 351 g/mol. The number of nitrogens with zero attached hydrogens (tertiary/aromatic N) is 1. The van der Waals surface area contributed by atoms with E-state index in [1.165, 1.54) is 16.3 Å². The van der Waals surface area contributed by atoms with Gasteiger partial charge in [-0.05, 0) is 50.2 Å². The maximum absolute atomic E-state index is 9.00. The number of amides is 2. The van der Waals surface area contributed by atoms with Crippen molar-refractivity contribution in [3.05, 3.63) is 60.2 Å². The Morgan fingerprint density at radius 1 is 1.12 bits per heavy atom. The molecule has 0 radical (unpaired) electrons. The monoisotopic (exact) mass is 351 g/mol. The van der Waals surface area contributed by atoms with Crippen LogP contribution in [0.25, 0.3) is 10.8 Å². The summed E-state index contributed by atoms with van der Waals surface area (Å²) in [7, 11) is 2.14. The van der Waals surface area contributed by atoms with Crippen molar-refractivity contribution < 1.29 is 4.79 Å². The minimum absolute atomic E-state index is 0.0686. The van der Waals surface area contributed by atoms with Crippen LogP contribution in [-0.2, 0) is 6.54 Å². The van der Waals surface area contributed by atoms with Crippen molar-refractivity contribution in [1.29, 1.82) is 0 Å². The Hall–Kier alpha value is -2.77. The number of carbonyl (C=O) groups is 1. The zero-order chi connectivity index (χ0) is 19.6. The molecule has 4 heteroatoms. The second-order valence-electron chi connectivity index (χ2n) is 7.16. The molecule has 4 nitrogen and oxygen atoms in total. The van der Waals surface area contributed by atoms with Crippen molar-refractivity contribution in [2.75, 3.05) is 13.6 Å². The number of hydrogen-bond donors (Lipinski definition) is 2. The number of allylic oxidation sites excluding steroid dienone is 1. The highest BCUT2D eigenvalue weighted by molar-refractivity contribution is 5.85. The highest BCUT2D eigenvalue weighted by Crippen LogP contribution is 2.19. The van der Waals surface area contributed by atoms with Gasteiger partial charge in [0.15, 0.2) is 0 Å². The van der Waals surface area contributed by atoms with E-state index in [4.69, 9.17) is 4.79 Å². The van der Waals surface area contributed by atoms with Crippen molar-refractivity contribution in [3.8, 4) is 11.8 Å². The lowest BCUT2D eigenvalue weighted by Crippen LogP contribution is -2.18. The Balaban J connectivity index is 0.000000765. The van der Waals surface area contributed by atoms with Crippen LogP contribution in [0.5, 0.6) is 0 Å². The van der Waals surface area contributed by atoms with Crippen molar-refractivity contribution in [2.24, 2.45) is 16.9 Å². The molecule has 0 heterocycles. The fourth-order valence-corrected chi connectivity index (χ4v) is 2.34. The summed E-state index contributed by atoms with van der Waals surface area (Å²) < 4.78 is 0. The summed E-state index contributed by atoms with van der Waals surface area (Å²) in [5.41, 5.74) is 9.94. The third-order valence-electron chi connectivity index (χ3n) is 3.39. The molecule has 0 bridgehead atoms. The third kappa shape index (κ3) is 8.91. The number of carbonyl (C=O) groups excluding carboxylic acids is 1. The van der Waals surface area contributed by atoms with E-state index < -0.39 is 6.03 Å². The molecule has 2 amide bonds. The minimum atomic E-state index is -0.833. The van der Waals surface area contributed by atoms with E-state index in [2.05, 4.69) is 105 Å². The summed E-state index contributed by atoms with van der Waals surface area (Å²) in [6.07, 6.45) is 4.09. The molecule has 0 fully saturated rings. The minimum Gasteiger partial charge on any atom is -0.352 e. The van der Waals surface area contributed by atoms with Gasteiger partial charge in [0.2, 0.25) is 0 Å². The molecule has 2 rings (SSSR count). The Morgan fingerprint density at radius 3 is 2.38 bits per heavy atom. The molecule has 26 heavy (non-hydrogen) atoms. The SMILES string of the molecule is CN(C/C=C/C#CC(C)(C)C)Cc1cccc2ccccc12.NC(N)=O. The second kappa shape index (κ2) is 10.3. The first kappa shape index (κ1) is 21.3. The number of benzene rings is 2. The van der Waals surface area contributed by atoms with E-state index in [1.54, 1.807) is 0 Å². The number of nitrogens with two attached hydrogens (primary N) is 2. The summed E-state index contributed by atoms with van der Waals surface area (Å²) >= 11 is 0. The van der Waals surface area contributed by atoms with Crippen LogP contribution in [0.15, 0.2) is 54.6 Å². The van der Waals surface area contributed by atoms with Crippen LogP contribution in [-0.4, -0.2) is 24.5 Å². The van der Waals surface area contributed by atoms with E-state index in [-0.39, 0.29) is 5.41 Å². The molecule has 0 aliphatic heterocycles.